The number of aromatic hydroxyl groups is 1. The van der Waals surface area contributed by atoms with E-state index in [0.717, 1.165) is 11.3 Å². The smallest absolute Gasteiger partial charge is 0.271 e. The number of carbonyl (C=O) groups is 1. The van der Waals surface area contributed by atoms with Crippen LogP contribution in [0.3, 0.4) is 0 Å². The first kappa shape index (κ1) is 15.6. The van der Waals surface area contributed by atoms with Crippen LogP contribution in [0.4, 0.5) is 0 Å². The molecule has 1 amide bonds. The molecule has 0 radical (unpaired) electrons. The van der Waals surface area contributed by atoms with Gasteiger partial charge in [0.2, 0.25) is 0 Å². The normalized spacial score (nSPS) is 11.3. The Kier molecular flexibility index (Phi) is 4.43. The molecule has 1 heterocycles. The highest BCUT2D eigenvalue weighted by Crippen LogP contribution is 2.11. The van der Waals surface area contributed by atoms with Gasteiger partial charge in [-0.25, -0.2) is 5.43 Å². The summed E-state index contributed by atoms with van der Waals surface area (Å²) in [6.07, 6.45) is 3.89. The van der Waals surface area contributed by atoms with Crippen molar-refractivity contribution in [3.05, 3.63) is 84.2 Å². The van der Waals surface area contributed by atoms with Gasteiger partial charge >= 0.3 is 0 Å². The number of amides is 1. The van der Waals surface area contributed by atoms with Crippen LogP contribution in [0, 0.1) is 0 Å². The summed E-state index contributed by atoms with van der Waals surface area (Å²) in [6, 6.07) is 17.8. The van der Waals surface area contributed by atoms with Crippen molar-refractivity contribution < 1.29 is 9.90 Å². The molecule has 0 saturated carbocycles. The summed E-state index contributed by atoms with van der Waals surface area (Å²) in [4.78, 5) is 12.2. The second-order valence-electron chi connectivity index (χ2n) is 5.32. The van der Waals surface area contributed by atoms with Gasteiger partial charge in [0.15, 0.2) is 0 Å². The minimum Gasteiger partial charge on any atom is -0.508 e. The number of nitrogens with zero attached hydrogens (tertiary/aromatic N) is 2. The summed E-state index contributed by atoms with van der Waals surface area (Å²) in [7, 11) is 0. The van der Waals surface area contributed by atoms with Gasteiger partial charge in [0.05, 0.1) is 5.71 Å². The third kappa shape index (κ3) is 3.52. The lowest BCUT2D eigenvalue weighted by Gasteiger charge is -2.05. The van der Waals surface area contributed by atoms with Crippen molar-refractivity contribution in [3.8, 4) is 11.4 Å². The number of hydrazone groups is 1. The van der Waals surface area contributed by atoms with Gasteiger partial charge in [-0.3, -0.25) is 4.79 Å². The number of hydrogen-bond donors (Lipinski definition) is 2. The Balaban J connectivity index is 1.68. The van der Waals surface area contributed by atoms with Crippen LogP contribution in [0.25, 0.3) is 5.69 Å². The Bertz CT molecular complexity index is 849. The second kappa shape index (κ2) is 6.83. The average Bonchev–Trinajstić information content (AvgIpc) is 3.15. The molecule has 5 nitrogen and oxygen atoms in total. The first-order chi connectivity index (χ1) is 11.6. The number of rotatable bonds is 4. The van der Waals surface area contributed by atoms with E-state index < -0.39 is 0 Å². The number of phenols is 1. The fraction of sp³-hybridized carbons (Fsp3) is 0.0526. The standard InChI is InChI=1S/C19H17N3O2/c1-14(15-6-10-18(23)11-7-15)20-21-19(24)16-4-8-17(9-5-16)22-12-2-3-13-22/h2-13,23H,1H3,(H,21,24)/b20-14+. The summed E-state index contributed by atoms with van der Waals surface area (Å²) < 4.78 is 1.97. The zero-order valence-electron chi connectivity index (χ0n) is 13.2. The summed E-state index contributed by atoms with van der Waals surface area (Å²) in [5.74, 6) is -0.0782. The Morgan fingerprint density at radius 2 is 1.54 bits per heavy atom. The van der Waals surface area contributed by atoms with Crippen molar-refractivity contribution in [1.82, 2.24) is 9.99 Å². The van der Waals surface area contributed by atoms with E-state index in [2.05, 4.69) is 10.5 Å². The molecule has 0 atom stereocenters. The van der Waals surface area contributed by atoms with Crippen molar-refractivity contribution in [1.29, 1.82) is 0 Å². The topological polar surface area (TPSA) is 66.6 Å². The molecule has 0 bridgehead atoms. The molecule has 1 aromatic heterocycles. The molecule has 3 rings (SSSR count). The third-order valence-electron chi connectivity index (χ3n) is 3.64. The quantitative estimate of drug-likeness (QED) is 0.572. The Labute approximate surface area is 139 Å². The zero-order valence-corrected chi connectivity index (χ0v) is 13.2. The molecule has 0 aliphatic heterocycles. The van der Waals surface area contributed by atoms with Gasteiger partial charge in [-0.2, -0.15) is 5.10 Å². The highest BCUT2D eigenvalue weighted by atomic mass is 16.3. The number of benzene rings is 2. The maximum absolute atomic E-state index is 12.2. The predicted octanol–water partition coefficient (Wildman–Crippen LogP) is 3.34. The molecular weight excluding hydrogens is 302 g/mol. The van der Waals surface area contributed by atoms with Gasteiger partial charge in [-0.1, -0.05) is 0 Å². The molecule has 24 heavy (non-hydrogen) atoms. The fourth-order valence-electron chi connectivity index (χ4n) is 2.26. The summed E-state index contributed by atoms with van der Waals surface area (Å²) in [5.41, 5.74) is 5.56. The van der Waals surface area contributed by atoms with Crippen LogP contribution in [0.1, 0.15) is 22.8 Å². The van der Waals surface area contributed by atoms with Gasteiger partial charge in [-0.15, -0.1) is 0 Å². The van der Waals surface area contributed by atoms with Gasteiger partial charge in [0, 0.05) is 23.6 Å². The van der Waals surface area contributed by atoms with Crippen molar-refractivity contribution in [3.63, 3.8) is 0 Å². The van der Waals surface area contributed by atoms with Crippen LogP contribution in [0.5, 0.6) is 5.75 Å². The van der Waals surface area contributed by atoms with Crippen LogP contribution in [-0.4, -0.2) is 21.3 Å². The molecule has 2 N–H and O–H groups in total. The molecule has 0 spiro atoms. The van der Waals surface area contributed by atoms with E-state index in [0.29, 0.717) is 11.3 Å². The van der Waals surface area contributed by atoms with Crippen molar-refractivity contribution in [2.45, 2.75) is 6.92 Å². The van der Waals surface area contributed by atoms with Gasteiger partial charge < -0.3 is 9.67 Å². The van der Waals surface area contributed by atoms with Crippen molar-refractivity contribution >= 4 is 11.6 Å². The molecule has 120 valence electrons. The minimum atomic E-state index is -0.271. The SMILES string of the molecule is C/C(=N\NC(=O)c1ccc(-n2cccc2)cc1)c1ccc(O)cc1. The van der Waals surface area contributed by atoms with E-state index in [1.165, 1.54) is 0 Å². The lowest BCUT2D eigenvalue weighted by Crippen LogP contribution is -2.19. The maximum Gasteiger partial charge on any atom is 0.271 e. The lowest BCUT2D eigenvalue weighted by molar-refractivity contribution is 0.0955. The van der Waals surface area contributed by atoms with E-state index >= 15 is 0 Å². The van der Waals surface area contributed by atoms with Gasteiger partial charge in [0.25, 0.3) is 5.91 Å². The minimum absolute atomic E-state index is 0.193. The summed E-state index contributed by atoms with van der Waals surface area (Å²) in [5, 5.41) is 13.4. The second-order valence-corrected chi connectivity index (χ2v) is 5.32. The van der Waals surface area contributed by atoms with Crippen LogP contribution < -0.4 is 5.43 Å². The number of nitrogens with one attached hydrogen (secondary N) is 1. The van der Waals surface area contributed by atoms with Crippen molar-refractivity contribution in [2.24, 2.45) is 5.10 Å². The lowest BCUT2D eigenvalue weighted by atomic mass is 10.1. The summed E-state index contributed by atoms with van der Waals surface area (Å²) in [6.45, 7) is 1.79. The fourth-order valence-corrected chi connectivity index (χ4v) is 2.26. The third-order valence-corrected chi connectivity index (χ3v) is 3.64. The Morgan fingerprint density at radius 3 is 2.17 bits per heavy atom. The largest absolute Gasteiger partial charge is 0.508 e. The van der Waals surface area contributed by atoms with Crippen LogP contribution in [-0.2, 0) is 0 Å². The number of aromatic nitrogens is 1. The van der Waals surface area contributed by atoms with E-state index in [1.807, 2.05) is 41.2 Å². The Morgan fingerprint density at radius 1 is 0.958 bits per heavy atom. The first-order valence-electron chi connectivity index (χ1n) is 7.51. The number of phenolic OH excluding ortho intramolecular Hbond substituents is 1. The molecule has 0 fully saturated rings. The van der Waals surface area contributed by atoms with E-state index in [4.69, 9.17) is 0 Å². The molecule has 0 saturated heterocycles. The van der Waals surface area contributed by atoms with E-state index in [-0.39, 0.29) is 11.7 Å². The molecule has 0 aliphatic rings. The maximum atomic E-state index is 12.2. The van der Waals surface area contributed by atoms with Crippen LogP contribution in [0.2, 0.25) is 0 Å². The molecular formula is C19H17N3O2. The number of hydrogen-bond acceptors (Lipinski definition) is 3. The first-order valence-corrected chi connectivity index (χ1v) is 7.51. The molecule has 2 aromatic carbocycles. The monoisotopic (exact) mass is 319 g/mol. The average molecular weight is 319 g/mol. The number of carbonyl (C=O) groups excluding carboxylic acids is 1. The van der Waals surface area contributed by atoms with Crippen molar-refractivity contribution in [2.75, 3.05) is 0 Å². The molecule has 0 aliphatic carbocycles. The van der Waals surface area contributed by atoms with Gasteiger partial charge in [-0.05, 0) is 73.2 Å². The molecule has 5 heteroatoms. The zero-order chi connectivity index (χ0) is 16.9. The van der Waals surface area contributed by atoms with Crippen LogP contribution >= 0.6 is 0 Å². The molecule has 0 unspecified atom stereocenters. The van der Waals surface area contributed by atoms with Gasteiger partial charge in [0.1, 0.15) is 5.75 Å². The predicted molar refractivity (Wildman–Crippen MR) is 93.6 cm³/mol. The Hall–Kier alpha value is -3.34. The summed E-state index contributed by atoms with van der Waals surface area (Å²) >= 11 is 0. The molecule has 3 aromatic rings. The highest BCUT2D eigenvalue weighted by molar-refractivity contribution is 6.00. The van der Waals surface area contributed by atoms with Crippen LogP contribution in [0.15, 0.2) is 78.2 Å². The van der Waals surface area contributed by atoms with E-state index in [9.17, 15) is 9.90 Å². The van der Waals surface area contributed by atoms with E-state index in [1.54, 1.807) is 43.3 Å². The highest BCUT2D eigenvalue weighted by Gasteiger charge is 2.05.